The number of carbonyl (C=O) groups excluding carboxylic acids is 1. The quantitative estimate of drug-likeness (QED) is 0.826. The van der Waals surface area contributed by atoms with Crippen LogP contribution in [0, 0.1) is 0 Å². The van der Waals surface area contributed by atoms with Crippen molar-refractivity contribution in [3.05, 3.63) is 51.1 Å². The Morgan fingerprint density at radius 3 is 2.38 bits per heavy atom. The van der Waals surface area contributed by atoms with E-state index in [1.54, 1.807) is 12.1 Å². The van der Waals surface area contributed by atoms with E-state index in [1.165, 1.54) is 25.4 Å². The van der Waals surface area contributed by atoms with Gasteiger partial charge in [0.05, 0.1) is 28.4 Å². The number of aromatic nitrogens is 1. The minimum Gasteiger partial charge on any atom is -0.481 e. The Bertz CT molecular complexity index is 639. The summed E-state index contributed by atoms with van der Waals surface area (Å²) in [6.07, 6.45) is 1.39. The van der Waals surface area contributed by atoms with Crippen LogP contribution in [0.3, 0.4) is 0 Å². The summed E-state index contributed by atoms with van der Waals surface area (Å²) in [5, 5.41) is 0.988. The molecule has 1 heterocycles. The normalized spacial score (nSPS) is 10.1. The molecular weight excluding hydrogens is 337 g/mol. The number of carbonyl (C=O) groups is 1. The molecule has 2 aromatic rings. The van der Waals surface area contributed by atoms with E-state index < -0.39 is 5.91 Å². The van der Waals surface area contributed by atoms with Crippen molar-refractivity contribution in [3.8, 4) is 5.88 Å². The second-order valence-electron chi connectivity index (χ2n) is 3.91. The first-order valence-corrected chi connectivity index (χ1v) is 6.85. The number of halogens is 3. The molecule has 0 bridgehead atoms. The van der Waals surface area contributed by atoms with Crippen LogP contribution < -0.4 is 15.6 Å². The molecule has 0 spiro atoms. The second-order valence-corrected chi connectivity index (χ2v) is 5.16. The van der Waals surface area contributed by atoms with Gasteiger partial charge >= 0.3 is 0 Å². The SMILES string of the molecule is COc1ccc(C(=O)NNc2c(Cl)cc(Cl)cc2Cl)cn1. The predicted octanol–water partition coefficient (Wildman–Crippen LogP) is 3.81. The summed E-state index contributed by atoms with van der Waals surface area (Å²) in [6, 6.07) is 6.18. The van der Waals surface area contributed by atoms with Crippen LogP contribution in [0.15, 0.2) is 30.5 Å². The maximum atomic E-state index is 11.9. The number of methoxy groups -OCH3 is 1. The molecule has 1 amide bonds. The predicted molar refractivity (Wildman–Crippen MR) is 83.3 cm³/mol. The van der Waals surface area contributed by atoms with Gasteiger partial charge in [0.25, 0.3) is 5.91 Å². The van der Waals surface area contributed by atoms with Gasteiger partial charge in [-0.05, 0) is 18.2 Å². The van der Waals surface area contributed by atoms with E-state index in [1.807, 2.05) is 0 Å². The summed E-state index contributed by atoms with van der Waals surface area (Å²) in [5.74, 6) is 0.0236. The number of hydrogen-bond acceptors (Lipinski definition) is 4. The molecule has 2 rings (SSSR count). The number of pyridine rings is 1. The lowest BCUT2D eigenvalue weighted by Gasteiger charge is -2.12. The number of amides is 1. The molecule has 2 N–H and O–H groups in total. The van der Waals surface area contributed by atoms with E-state index in [4.69, 9.17) is 39.5 Å². The number of rotatable bonds is 4. The molecule has 5 nitrogen and oxygen atoms in total. The molecule has 1 aromatic carbocycles. The number of anilines is 1. The van der Waals surface area contributed by atoms with Crippen LogP contribution in [0.5, 0.6) is 5.88 Å². The van der Waals surface area contributed by atoms with Gasteiger partial charge in [-0.25, -0.2) is 4.98 Å². The topological polar surface area (TPSA) is 63.2 Å². The maximum Gasteiger partial charge on any atom is 0.271 e. The third-order valence-corrected chi connectivity index (χ3v) is 3.33. The number of ether oxygens (including phenoxy) is 1. The fraction of sp³-hybridized carbons (Fsp3) is 0.0769. The molecule has 0 radical (unpaired) electrons. The van der Waals surface area contributed by atoms with Crippen LogP contribution in [0.25, 0.3) is 0 Å². The second kappa shape index (κ2) is 6.85. The number of nitrogens with one attached hydrogen (secondary N) is 2. The number of hydrazine groups is 1. The van der Waals surface area contributed by atoms with Crippen molar-refractivity contribution >= 4 is 46.4 Å². The zero-order valence-corrected chi connectivity index (χ0v) is 13.1. The van der Waals surface area contributed by atoms with Crippen LogP contribution in [0.4, 0.5) is 5.69 Å². The zero-order valence-electron chi connectivity index (χ0n) is 10.8. The smallest absolute Gasteiger partial charge is 0.271 e. The Hall–Kier alpha value is -1.69. The van der Waals surface area contributed by atoms with Gasteiger partial charge in [-0.15, -0.1) is 0 Å². The summed E-state index contributed by atoms with van der Waals surface area (Å²) in [4.78, 5) is 15.9. The molecule has 0 aliphatic heterocycles. The largest absolute Gasteiger partial charge is 0.481 e. The fourth-order valence-electron chi connectivity index (χ4n) is 1.49. The minimum absolute atomic E-state index is 0.292. The Labute approximate surface area is 136 Å². The van der Waals surface area contributed by atoms with Gasteiger partial charge in [-0.2, -0.15) is 0 Å². The van der Waals surface area contributed by atoms with Crippen molar-refractivity contribution in [1.29, 1.82) is 0 Å². The van der Waals surface area contributed by atoms with Crippen molar-refractivity contribution in [2.75, 3.05) is 12.5 Å². The lowest BCUT2D eigenvalue weighted by molar-refractivity contribution is 0.0962. The van der Waals surface area contributed by atoms with Crippen LogP contribution >= 0.6 is 34.8 Å². The van der Waals surface area contributed by atoms with Gasteiger partial charge < -0.3 is 4.74 Å². The highest BCUT2D eigenvalue weighted by atomic mass is 35.5. The van der Waals surface area contributed by atoms with E-state index in [-0.39, 0.29) is 0 Å². The number of nitrogens with zero attached hydrogens (tertiary/aromatic N) is 1. The van der Waals surface area contributed by atoms with Gasteiger partial charge in [0, 0.05) is 17.3 Å². The lowest BCUT2D eigenvalue weighted by atomic mass is 10.3. The van der Waals surface area contributed by atoms with Gasteiger partial charge in [0.2, 0.25) is 5.88 Å². The summed E-state index contributed by atoms with van der Waals surface area (Å²) in [5.41, 5.74) is 5.84. The van der Waals surface area contributed by atoms with E-state index in [0.29, 0.717) is 32.2 Å². The van der Waals surface area contributed by atoms with E-state index >= 15 is 0 Å². The summed E-state index contributed by atoms with van der Waals surface area (Å²) >= 11 is 17.8. The Morgan fingerprint density at radius 2 is 1.86 bits per heavy atom. The molecule has 110 valence electrons. The van der Waals surface area contributed by atoms with E-state index in [2.05, 4.69) is 15.8 Å². The lowest BCUT2D eigenvalue weighted by Crippen LogP contribution is -2.29. The third kappa shape index (κ3) is 3.91. The molecule has 0 fully saturated rings. The Balaban J connectivity index is 2.07. The number of benzene rings is 1. The highest BCUT2D eigenvalue weighted by Gasteiger charge is 2.10. The molecule has 0 unspecified atom stereocenters. The van der Waals surface area contributed by atoms with Crippen molar-refractivity contribution in [3.63, 3.8) is 0 Å². The van der Waals surface area contributed by atoms with Crippen molar-refractivity contribution in [2.45, 2.75) is 0 Å². The monoisotopic (exact) mass is 345 g/mol. The summed E-state index contributed by atoms with van der Waals surface area (Å²) in [7, 11) is 1.49. The van der Waals surface area contributed by atoms with Crippen molar-refractivity contribution in [1.82, 2.24) is 10.4 Å². The first-order valence-electron chi connectivity index (χ1n) is 5.72. The molecule has 0 atom stereocenters. The van der Waals surface area contributed by atoms with Crippen LogP contribution in [0.1, 0.15) is 10.4 Å². The molecule has 0 saturated carbocycles. The highest BCUT2D eigenvalue weighted by molar-refractivity contribution is 6.41. The molecule has 0 saturated heterocycles. The summed E-state index contributed by atoms with van der Waals surface area (Å²) < 4.78 is 4.92. The summed E-state index contributed by atoms with van der Waals surface area (Å²) in [6.45, 7) is 0. The van der Waals surface area contributed by atoms with Crippen molar-refractivity contribution in [2.24, 2.45) is 0 Å². The Kier molecular flexibility index (Phi) is 5.12. The fourth-order valence-corrected chi connectivity index (χ4v) is 2.40. The first kappa shape index (κ1) is 15.7. The van der Waals surface area contributed by atoms with Gasteiger partial charge in [0.15, 0.2) is 0 Å². The third-order valence-electron chi connectivity index (χ3n) is 2.52. The first-order chi connectivity index (χ1) is 10.0. The molecule has 1 aromatic heterocycles. The molecule has 8 heteroatoms. The maximum absolute atomic E-state index is 11.9. The van der Waals surface area contributed by atoms with E-state index in [9.17, 15) is 4.79 Å². The van der Waals surface area contributed by atoms with E-state index in [0.717, 1.165) is 0 Å². The van der Waals surface area contributed by atoms with Gasteiger partial charge in [-0.3, -0.25) is 15.6 Å². The average molecular weight is 347 g/mol. The average Bonchev–Trinajstić information content (AvgIpc) is 2.46. The van der Waals surface area contributed by atoms with Crippen molar-refractivity contribution < 1.29 is 9.53 Å². The standard InChI is InChI=1S/C13H10Cl3N3O2/c1-21-11-3-2-7(6-17-11)13(20)19-18-12-9(15)4-8(14)5-10(12)16/h2-6,18H,1H3,(H,19,20). The minimum atomic E-state index is -0.396. The van der Waals surface area contributed by atoms with Crippen LogP contribution in [-0.4, -0.2) is 18.0 Å². The zero-order chi connectivity index (χ0) is 15.4. The van der Waals surface area contributed by atoms with Crippen LogP contribution in [0.2, 0.25) is 15.1 Å². The number of hydrogen-bond donors (Lipinski definition) is 2. The molecule has 0 aliphatic rings. The molecule has 0 aliphatic carbocycles. The molecular formula is C13H10Cl3N3O2. The Morgan fingerprint density at radius 1 is 1.19 bits per heavy atom. The molecule has 21 heavy (non-hydrogen) atoms. The van der Waals surface area contributed by atoms with Crippen LogP contribution in [-0.2, 0) is 0 Å². The van der Waals surface area contributed by atoms with Gasteiger partial charge in [0.1, 0.15) is 0 Å². The highest BCUT2D eigenvalue weighted by Crippen LogP contribution is 2.33. The van der Waals surface area contributed by atoms with Gasteiger partial charge in [-0.1, -0.05) is 34.8 Å².